The number of carbonyl (C=O) groups is 1. The summed E-state index contributed by atoms with van der Waals surface area (Å²) in [4.78, 5) is 33.1. The van der Waals surface area contributed by atoms with E-state index in [0.717, 1.165) is 40.8 Å². The molecule has 1 aliphatic heterocycles. The second-order valence-electron chi connectivity index (χ2n) is 7.67. The van der Waals surface area contributed by atoms with E-state index in [1.54, 1.807) is 24.8 Å². The highest BCUT2D eigenvalue weighted by atomic mass is 16.2. The first-order chi connectivity index (χ1) is 15.2. The smallest absolute Gasteiger partial charge is 0.256 e. The summed E-state index contributed by atoms with van der Waals surface area (Å²) in [7, 11) is 0. The first kappa shape index (κ1) is 19.1. The minimum absolute atomic E-state index is 0.00135. The largest absolute Gasteiger partial charge is 0.339 e. The first-order valence-corrected chi connectivity index (χ1v) is 10.4. The van der Waals surface area contributed by atoms with Crippen LogP contribution < -0.4 is 5.32 Å². The molecule has 1 fully saturated rings. The molecule has 1 amide bonds. The number of carbonyl (C=O) groups excluding carboxylic acids is 1. The van der Waals surface area contributed by atoms with Gasteiger partial charge in [-0.25, -0.2) is 4.98 Å². The predicted octanol–water partition coefficient (Wildman–Crippen LogP) is 4.45. The minimum Gasteiger partial charge on any atom is -0.339 e. The number of rotatable bonds is 4. The molecule has 4 heterocycles. The molecule has 0 radical (unpaired) electrons. The molecule has 0 spiro atoms. The number of aromatic nitrogens is 4. The molecular formula is C24H22N6O. The Morgan fingerprint density at radius 3 is 2.87 bits per heavy atom. The van der Waals surface area contributed by atoms with Gasteiger partial charge in [0, 0.05) is 41.9 Å². The third-order valence-corrected chi connectivity index (χ3v) is 5.53. The molecule has 1 aliphatic rings. The van der Waals surface area contributed by atoms with Crippen molar-refractivity contribution in [3.8, 4) is 0 Å². The first-order valence-electron chi connectivity index (χ1n) is 10.4. The highest BCUT2D eigenvalue weighted by molar-refractivity contribution is 6.05. The maximum atomic E-state index is 13.5. The molecule has 0 aliphatic carbocycles. The van der Waals surface area contributed by atoms with Crippen molar-refractivity contribution >= 4 is 28.3 Å². The molecule has 7 nitrogen and oxygen atoms in total. The number of likely N-dealkylation sites (tertiary alicyclic amines) is 1. The van der Waals surface area contributed by atoms with E-state index in [4.69, 9.17) is 4.98 Å². The van der Waals surface area contributed by atoms with Crippen molar-refractivity contribution in [2.45, 2.75) is 25.8 Å². The molecule has 1 saturated heterocycles. The lowest BCUT2D eigenvalue weighted by Gasteiger charge is -2.25. The van der Waals surface area contributed by atoms with E-state index < -0.39 is 0 Å². The molecule has 1 N–H and O–H groups in total. The Kier molecular flexibility index (Phi) is 5.00. The van der Waals surface area contributed by atoms with Crippen LogP contribution >= 0.6 is 0 Å². The lowest BCUT2D eigenvalue weighted by molar-refractivity contribution is 0.0734. The Morgan fingerprint density at radius 1 is 1.10 bits per heavy atom. The summed E-state index contributed by atoms with van der Waals surface area (Å²) in [6.45, 7) is 2.66. The Balaban J connectivity index is 1.47. The molecule has 154 valence electrons. The molecule has 3 aromatic heterocycles. The highest BCUT2D eigenvalue weighted by Gasteiger charge is 2.32. The van der Waals surface area contributed by atoms with Crippen LogP contribution in [-0.2, 0) is 0 Å². The fourth-order valence-corrected chi connectivity index (χ4v) is 4.20. The molecule has 1 unspecified atom stereocenters. The SMILES string of the molecule is Cc1cc(Nc2cnccn2)cc(C2CCCN2C(=O)c2cccc3cccnc23)n1. The van der Waals surface area contributed by atoms with Gasteiger partial charge >= 0.3 is 0 Å². The summed E-state index contributed by atoms with van der Waals surface area (Å²) in [6.07, 6.45) is 8.51. The highest BCUT2D eigenvalue weighted by Crippen LogP contribution is 2.34. The number of fused-ring (bicyclic) bond motifs is 1. The average molecular weight is 410 g/mol. The van der Waals surface area contributed by atoms with Crippen molar-refractivity contribution in [3.63, 3.8) is 0 Å². The van der Waals surface area contributed by atoms with Crippen molar-refractivity contribution in [3.05, 3.63) is 84.2 Å². The molecule has 31 heavy (non-hydrogen) atoms. The zero-order valence-electron chi connectivity index (χ0n) is 17.2. The zero-order chi connectivity index (χ0) is 21.2. The normalized spacial score (nSPS) is 15.9. The quantitative estimate of drug-likeness (QED) is 0.535. The van der Waals surface area contributed by atoms with E-state index in [-0.39, 0.29) is 11.9 Å². The molecule has 4 aromatic rings. The fraction of sp³-hybridized carbons (Fsp3) is 0.208. The van der Waals surface area contributed by atoms with E-state index in [1.165, 1.54) is 0 Å². The molecule has 0 bridgehead atoms. The molecule has 7 heteroatoms. The summed E-state index contributed by atoms with van der Waals surface area (Å²) >= 11 is 0. The van der Waals surface area contributed by atoms with Crippen molar-refractivity contribution < 1.29 is 4.79 Å². The summed E-state index contributed by atoms with van der Waals surface area (Å²) < 4.78 is 0. The van der Waals surface area contributed by atoms with Gasteiger partial charge in [-0.05, 0) is 44.0 Å². The Labute approximate surface area is 180 Å². The number of amides is 1. The van der Waals surface area contributed by atoms with Crippen LogP contribution in [0.5, 0.6) is 0 Å². The van der Waals surface area contributed by atoms with E-state index >= 15 is 0 Å². The number of benzene rings is 1. The maximum Gasteiger partial charge on any atom is 0.256 e. The fourth-order valence-electron chi connectivity index (χ4n) is 4.20. The molecule has 5 rings (SSSR count). The predicted molar refractivity (Wildman–Crippen MR) is 119 cm³/mol. The molecular weight excluding hydrogens is 388 g/mol. The Hall–Kier alpha value is -3.87. The van der Waals surface area contributed by atoms with E-state index in [0.29, 0.717) is 17.9 Å². The van der Waals surface area contributed by atoms with Crippen molar-refractivity contribution in [1.82, 2.24) is 24.8 Å². The van der Waals surface area contributed by atoms with Gasteiger partial charge in [-0.15, -0.1) is 0 Å². The van der Waals surface area contributed by atoms with E-state index in [1.807, 2.05) is 54.3 Å². The number of hydrogen-bond donors (Lipinski definition) is 1. The number of pyridine rings is 2. The Morgan fingerprint density at radius 2 is 2.00 bits per heavy atom. The van der Waals surface area contributed by atoms with Crippen molar-refractivity contribution in [2.75, 3.05) is 11.9 Å². The average Bonchev–Trinajstić information content (AvgIpc) is 3.29. The van der Waals surface area contributed by atoms with Crippen LogP contribution in [0.1, 0.15) is 40.6 Å². The third kappa shape index (κ3) is 3.82. The Bertz CT molecular complexity index is 1240. The van der Waals surface area contributed by atoms with Crippen LogP contribution in [0.25, 0.3) is 10.9 Å². The van der Waals surface area contributed by atoms with Crippen LogP contribution in [-0.4, -0.2) is 37.3 Å². The lowest BCUT2D eigenvalue weighted by Crippen LogP contribution is -2.31. The maximum absolute atomic E-state index is 13.5. The third-order valence-electron chi connectivity index (χ3n) is 5.53. The van der Waals surface area contributed by atoms with Crippen molar-refractivity contribution in [1.29, 1.82) is 0 Å². The van der Waals surface area contributed by atoms with Gasteiger partial charge in [-0.2, -0.15) is 0 Å². The van der Waals surface area contributed by atoms with Gasteiger partial charge in [0.15, 0.2) is 0 Å². The van der Waals surface area contributed by atoms with Crippen LogP contribution in [0.4, 0.5) is 11.5 Å². The molecule has 0 saturated carbocycles. The van der Waals surface area contributed by atoms with Gasteiger partial charge in [-0.3, -0.25) is 19.7 Å². The zero-order valence-corrected chi connectivity index (χ0v) is 17.2. The summed E-state index contributed by atoms with van der Waals surface area (Å²) in [6, 6.07) is 13.5. The van der Waals surface area contributed by atoms with Gasteiger partial charge < -0.3 is 10.2 Å². The van der Waals surface area contributed by atoms with Gasteiger partial charge in [0.2, 0.25) is 0 Å². The van der Waals surface area contributed by atoms with Gasteiger partial charge in [0.05, 0.1) is 29.0 Å². The van der Waals surface area contributed by atoms with E-state index in [9.17, 15) is 4.79 Å². The van der Waals surface area contributed by atoms with Gasteiger partial charge in [0.25, 0.3) is 5.91 Å². The molecule has 1 atom stereocenters. The van der Waals surface area contributed by atoms with Crippen LogP contribution in [0.3, 0.4) is 0 Å². The second-order valence-corrected chi connectivity index (χ2v) is 7.67. The number of nitrogens with zero attached hydrogens (tertiary/aromatic N) is 5. The summed E-state index contributed by atoms with van der Waals surface area (Å²) in [5.41, 5.74) is 4.02. The lowest BCUT2D eigenvalue weighted by atomic mass is 10.1. The number of aryl methyl sites for hydroxylation is 1. The number of anilines is 2. The van der Waals surface area contributed by atoms with E-state index in [2.05, 4.69) is 20.3 Å². The number of nitrogens with one attached hydrogen (secondary N) is 1. The second kappa shape index (κ2) is 8.10. The monoisotopic (exact) mass is 410 g/mol. The standard InChI is InChI=1S/C24H22N6O/c1-16-13-18(29-22-15-25-10-11-26-22)14-20(28-16)21-8-4-12-30(21)24(31)19-7-2-5-17-6-3-9-27-23(17)19/h2-3,5-7,9-11,13-15,21H,4,8,12H2,1H3,(H,26,28,29). The van der Waals surface area contributed by atoms with Gasteiger partial charge in [-0.1, -0.05) is 18.2 Å². The van der Waals surface area contributed by atoms with Crippen LogP contribution in [0.15, 0.2) is 67.3 Å². The summed E-state index contributed by atoms with van der Waals surface area (Å²) in [5.74, 6) is 0.666. The van der Waals surface area contributed by atoms with Gasteiger partial charge in [0.1, 0.15) is 5.82 Å². The summed E-state index contributed by atoms with van der Waals surface area (Å²) in [5, 5.41) is 4.25. The minimum atomic E-state index is -0.0752. The van der Waals surface area contributed by atoms with Crippen LogP contribution in [0.2, 0.25) is 0 Å². The number of para-hydroxylation sites is 1. The molecule has 1 aromatic carbocycles. The topological polar surface area (TPSA) is 83.9 Å². The van der Waals surface area contributed by atoms with Crippen LogP contribution in [0, 0.1) is 6.92 Å². The number of hydrogen-bond acceptors (Lipinski definition) is 6. The van der Waals surface area contributed by atoms with Crippen molar-refractivity contribution in [2.24, 2.45) is 0 Å².